The number of anilines is 2. The van der Waals surface area contributed by atoms with Crippen LogP contribution in [0.15, 0.2) is 59.8 Å². The van der Waals surface area contributed by atoms with Crippen LogP contribution in [0.2, 0.25) is 0 Å². The number of likely N-dealkylation sites (tertiary alicyclic amines) is 1. The zero-order chi connectivity index (χ0) is 24.5. The quantitative estimate of drug-likeness (QED) is 0.565. The number of carbonyl (C=O) groups is 1. The smallest absolute Gasteiger partial charge is 0.257 e. The number of carbonyl (C=O) groups excluding carboxylic acids is 1. The molecule has 4 rings (SSSR count). The molecule has 1 saturated heterocycles. The molecule has 2 aromatic carbocycles. The molecule has 0 aliphatic carbocycles. The van der Waals surface area contributed by atoms with E-state index in [4.69, 9.17) is 5.14 Å². The molecule has 178 valence electrons. The van der Waals surface area contributed by atoms with Gasteiger partial charge in [-0.1, -0.05) is 24.3 Å². The summed E-state index contributed by atoms with van der Waals surface area (Å²) in [4.78, 5) is 18.8. The molecule has 10 heteroatoms. The molecule has 2 heterocycles. The number of benzene rings is 2. The number of rotatable bonds is 5. The maximum atomic E-state index is 14.6. The molecule has 0 atom stereocenters. The number of piperidine rings is 1. The Bertz CT molecular complexity index is 1320. The summed E-state index contributed by atoms with van der Waals surface area (Å²) in [5, 5.41) is 7.61. The summed E-state index contributed by atoms with van der Waals surface area (Å²) in [5.41, 5.74) is 1.70. The number of hydrogen-bond donors (Lipinski definition) is 2. The lowest BCUT2D eigenvalue weighted by Crippen LogP contribution is -2.38. The van der Waals surface area contributed by atoms with E-state index in [1.54, 1.807) is 36.1 Å². The van der Waals surface area contributed by atoms with Gasteiger partial charge in [-0.2, -0.15) is 0 Å². The van der Waals surface area contributed by atoms with Crippen molar-refractivity contribution in [3.63, 3.8) is 0 Å². The van der Waals surface area contributed by atoms with Gasteiger partial charge in [0.1, 0.15) is 11.6 Å². The highest BCUT2D eigenvalue weighted by atomic mass is 32.2. The van der Waals surface area contributed by atoms with Gasteiger partial charge in [-0.15, -0.1) is 0 Å². The molecule has 1 fully saturated rings. The first-order valence-electron chi connectivity index (χ1n) is 10.7. The average molecular weight is 487 g/mol. The average Bonchev–Trinajstić information content (AvgIpc) is 2.81. The van der Waals surface area contributed by atoms with Crippen molar-refractivity contribution in [2.75, 3.05) is 18.4 Å². The number of sulfonamides is 1. The van der Waals surface area contributed by atoms with Gasteiger partial charge >= 0.3 is 0 Å². The van der Waals surface area contributed by atoms with Crippen LogP contribution >= 0.6 is 0 Å². The van der Waals surface area contributed by atoms with Gasteiger partial charge in [-0.25, -0.2) is 27.3 Å². The second kappa shape index (κ2) is 9.47. The molecule has 0 saturated carbocycles. The number of halogens is 2. The van der Waals surface area contributed by atoms with Crippen LogP contribution in [0.1, 0.15) is 40.2 Å². The van der Waals surface area contributed by atoms with Crippen LogP contribution in [0.25, 0.3) is 0 Å². The van der Waals surface area contributed by atoms with Crippen molar-refractivity contribution in [3.8, 4) is 0 Å². The number of pyridine rings is 1. The SMILES string of the molecule is Cc1cccc(Nc2cc(S(N)(=O)=O)ncc2C(=O)N2CCC(c3ccc(F)cc3)CC2)c1F. The van der Waals surface area contributed by atoms with E-state index in [9.17, 15) is 22.0 Å². The van der Waals surface area contributed by atoms with Gasteiger partial charge in [0, 0.05) is 25.4 Å². The summed E-state index contributed by atoms with van der Waals surface area (Å²) in [6.07, 6.45) is 2.52. The molecule has 3 N–H and O–H groups in total. The fourth-order valence-electron chi connectivity index (χ4n) is 4.08. The summed E-state index contributed by atoms with van der Waals surface area (Å²) < 4.78 is 51.5. The second-order valence-corrected chi connectivity index (χ2v) is 9.80. The van der Waals surface area contributed by atoms with Crippen LogP contribution in [-0.4, -0.2) is 37.3 Å². The van der Waals surface area contributed by atoms with Crippen molar-refractivity contribution in [1.82, 2.24) is 9.88 Å². The first kappa shape index (κ1) is 23.8. The van der Waals surface area contributed by atoms with E-state index in [-0.39, 0.29) is 34.6 Å². The molecule has 0 bridgehead atoms. The fourth-order valence-corrected chi connectivity index (χ4v) is 4.56. The zero-order valence-electron chi connectivity index (χ0n) is 18.5. The Morgan fingerprint density at radius 1 is 1.09 bits per heavy atom. The Balaban J connectivity index is 1.59. The minimum atomic E-state index is -4.14. The van der Waals surface area contributed by atoms with Crippen molar-refractivity contribution in [2.45, 2.75) is 30.7 Å². The van der Waals surface area contributed by atoms with Gasteiger partial charge in [0.25, 0.3) is 15.9 Å². The van der Waals surface area contributed by atoms with E-state index in [1.165, 1.54) is 18.2 Å². The summed E-state index contributed by atoms with van der Waals surface area (Å²) in [6.45, 7) is 2.51. The van der Waals surface area contributed by atoms with Crippen molar-refractivity contribution in [1.29, 1.82) is 0 Å². The Hall–Kier alpha value is -3.37. The number of hydrogen-bond acceptors (Lipinski definition) is 5. The van der Waals surface area contributed by atoms with E-state index >= 15 is 0 Å². The second-order valence-electron chi connectivity index (χ2n) is 8.29. The largest absolute Gasteiger partial charge is 0.352 e. The summed E-state index contributed by atoms with van der Waals surface area (Å²) >= 11 is 0. The predicted octanol–water partition coefficient (Wildman–Crippen LogP) is 4.08. The van der Waals surface area contributed by atoms with E-state index in [0.717, 1.165) is 17.8 Å². The summed E-state index contributed by atoms with van der Waals surface area (Å²) in [5.74, 6) is -0.972. The monoisotopic (exact) mass is 486 g/mol. The highest BCUT2D eigenvalue weighted by Gasteiger charge is 2.27. The van der Waals surface area contributed by atoms with Crippen LogP contribution in [0.5, 0.6) is 0 Å². The van der Waals surface area contributed by atoms with Gasteiger partial charge in [0.15, 0.2) is 5.03 Å². The van der Waals surface area contributed by atoms with Crippen molar-refractivity contribution in [3.05, 3.63) is 83.1 Å². The number of nitrogens with zero attached hydrogens (tertiary/aromatic N) is 2. The van der Waals surface area contributed by atoms with Crippen molar-refractivity contribution in [2.24, 2.45) is 5.14 Å². The number of primary sulfonamides is 1. The molecular formula is C24H24F2N4O3S. The molecule has 1 aliphatic rings. The van der Waals surface area contributed by atoms with E-state index in [1.807, 2.05) is 0 Å². The summed E-state index contributed by atoms with van der Waals surface area (Å²) in [6, 6.07) is 12.2. The number of aryl methyl sites for hydroxylation is 1. The molecular weight excluding hydrogens is 462 g/mol. The lowest BCUT2D eigenvalue weighted by atomic mass is 9.89. The Labute approximate surface area is 196 Å². The maximum Gasteiger partial charge on any atom is 0.257 e. The Morgan fingerprint density at radius 2 is 1.76 bits per heavy atom. The van der Waals surface area contributed by atoms with Gasteiger partial charge in [-0.3, -0.25) is 4.79 Å². The van der Waals surface area contributed by atoms with Crippen LogP contribution in [0.3, 0.4) is 0 Å². The number of amides is 1. The first-order chi connectivity index (χ1) is 16.1. The molecule has 34 heavy (non-hydrogen) atoms. The molecule has 1 aliphatic heterocycles. The number of nitrogens with two attached hydrogens (primary N) is 1. The third-order valence-corrected chi connectivity index (χ3v) is 6.79. The summed E-state index contributed by atoms with van der Waals surface area (Å²) in [7, 11) is -4.14. The lowest BCUT2D eigenvalue weighted by Gasteiger charge is -2.32. The topological polar surface area (TPSA) is 105 Å². The molecule has 0 spiro atoms. The molecule has 3 aromatic rings. The van der Waals surface area contributed by atoms with Gasteiger partial charge in [0.05, 0.1) is 16.9 Å². The zero-order valence-corrected chi connectivity index (χ0v) is 19.3. The fraction of sp³-hybridized carbons (Fsp3) is 0.250. The third kappa shape index (κ3) is 5.07. The van der Waals surface area contributed by atoms with Crippen molar-refractivity contribution < 1.29 is 22.0 Å². The van der Waals surface area contributed by atoms with Crippen LogP contribution in [-0.2, 0) is 10.0 Å². The van der Waals surface area contributed by atoms with Crippen LogP contribution in [0, 0.1) is 18.6 Å². The van der Waals surface area contributed by atoms with E-state index in [0.29, 0.717) is 31.5 Å². The molecule has 1 aromatic heterocycles. The minimum Gasteiger partial charge on any atom is -0.352 e. The predicted molar refractivity (Wildman–Crippen MR) is 124 cm³/mol. The highest BCUT2D eigenvalue weighted by Crippen LogP contribution is 2.31. The highest BCUT2D eigenvalue weighted by molar-refractivity contribution is 7.89. The van der Waals surface area contributed by atoms with Crippen LogP contribution < -0.4 is 10.5 Å². The van der Waals surface area contributed by atoms with E-state index < -0.39 is 20.9 Å². The molecule has 0 radical (unpaired) electrons. The molecule has 0 unspecified atom stereocenters. The number of nitrogens with one attached hydrogen (secondary N) is 1. The van der Waals surface area contributed by atoms with E-state index in [2.05, 4.69) is 10.3 Å². The number of aromatic nitrogens is 1. The molecule has 1 amide bonds. The normalized spacial score (nSPS) is 14.8. The van der Waals surface area contributed by atoms with Gasteiger partial charge < -0.3 is 10.2 Å². The van der Waals surface area contributed by atoms with Gasteiger partial charge in [-0.05, 0) is 55.0 Å². The lowest BCUT2D eigenvalue weighted by molar-refractivity contribution is 0.0713. The van der Waals surface area contributed by atoms with Crippen molar-refractivity contribution >= 4 is 27.3 Å². The minimum absolute atomic E-state index is 0.0918. The standard InChI is InChI=1S/C24H24F2N4O3S/c1-15-3-2-4-20(23(15)26)29-21-13-22(34(27,32)33)28-14-19(21)24(31)30-11-9-17(10-12-30)16-5-7-18(25)8-6-16/h2-8,13-14,17H,9-12H2,1H3,(H,28,29)(H2,27,32,33). The Morgan fingerprint density at radius 3 is 2.41 bits per heavy atom. The van der Waals surface area contributed by atoms with Gasteiger partial charge in [0.2, 0.25) is 0 Å². The third-order valence-electron chi connectivity index (χ3n) is 5.99. The maximum absolute atomic E-state index is 14.6. The molecule has 7 nitrogen and oxygen atoms in total. The first-order valence-corrected chi connectivity index (χ1v) is 12.3. The van der Waals surface area contributed by atoms with Crippen LogP contribution in [0.4, 0.5) is 20.2 Å². The Kier molecular flexibility index (Phi) is 6.63.